The van der Waals surface area contributed by atoms with Crippen molar-refractivity contribution in [3.63, 3.8) is 0 Å². The Balaban J connectivity index is 2.20. The van der Waals surface area contributed by atoms with Gasteiger partial charge in [-0.2, -0.15) is 0 Å². The summed E-state index contributed by atoms with van der Waals surface area (Å²) in [5, 5.41) is 3.87. The Morgan fingerprint density at radius 2 is 2.15 bits per heavy atom. The molecule has 3 N–H and O–H groups in total. The van der Waals surface area contributed by atoms with Crippen molar-refractivity contribution in [1.29, 1.82) is 0 Å². The summed E-state index contributed by atoms with van der Waals surface area (Å²) in [5.74, 6) is -0.0430. The summed E-state index contributed by atoms with van der Waals surface area (Å²) in [6.07, 6.45) is 3.28. The lowest BCUT2D eigenvalue weighted by molar-refractivity contribution is 0.0607. The number of carbonyl (C=O) groups is 1. The number of anilines is 2. The van der Waals surface area contributed by atoms with E-state index in [0.717, 1.165) is 23.4 Å². The molecular weight excluding hydrogens is 300 g/mol. The van der Waals surface area contributed by atoms with Crippen molar-refractivity contribution in [2.24, 2.45) is 0 Å². The molecule has 1 heterocycles. The van der Waals surface area contributed by atoms with Gasteiger partial charge in [-0.15, -0.1) is 11.3 Å². The van der Waals surface area contributed by atoms with Crippen LogP contribution in [-0.2, 0) is 14.6 Å². The number of nitrogen functional groups attached to an aromatic ring is 1. The molecule has 1 aromatic rings. The highest BCUT2D eigenvalue weighted by Crippen LogP contribution is 2.50. The average molecular weight is 318 g/mol. The first kappa shape index (κ1) is 15.1. The third-order valence-corrected chi connectivity index (χ3v) is 5.20. The predicted octanol–water partition coefficient (Wildman–Crippen LogP) is 1.45. The number of thiophene rings is 1. The van der Waals surface area contributed by atoms with Crippen molar-refractivity contribution >= 4 is 37.8 Å². The van der Waals surface area contributed by atoms with Gasteiger partial charge in [-0.25, -0.2) is 13.2 Å². The molecule has 0 unspecified atom stereocenters. The summed E-state index contributed by atoms with van der Waals surface area (Å²) in [6, 6.07) is 0. The van der Waals surface area contributed by atoms with E-state index in [2.05, 4.69) is 5.32 Å². The number of nitrogens with two attached hydrogens (primary N) is 1. The van der Waals surface area contributed by atoms with Gasteiger partial charge in [-0.1, -0.05) is 0 Å². The number of methoxy groups -OCH3 is 1. The van der Waals surface area contributed by atoms with Crippen molar-refractivity contribution in [3.05, 3.63) is 10.4 Å². The van der Waals surface area contributed by atoms with E-state index in [-0.39, 0.29) is 5.75 Å². The molecule has 20 heavy (non-hydrogen) atoms. The Kier molecular flexibility index (Phi) is 4.24. The van der Waals surface area contributed by atoms with Crippen molar-refractivity contribution in [2.75, 3.05) is 36.7 Å². The Bertz CT molecular complexity index is 618. The van der Waals surface area contributed by atoms with E-state index < -0.39 is 15.8 Å². The lowest BCUT2D eigenvalue weighted by Crippen LogP contribution is -2.14. The van der Waals surface area contributed by atoms with Crippen LogP contribution >= 0.6 is 11.3 Å². The summed E-state index contributed by atoms with van der Waals surface area (Å²) in [5.41, 5.74) is 7.43. The zero-order valence-electron chi connectivity index (χ0n) is 11.4. The molecule has 1 fully saturated rings. The van der Waals surface area contributed by atoms with E-state index in [4.69, 9.17) is 10.5 Å². The molecule has 0 spiro atoms. The van der Waals surface area contributed by atoms with Crippen LogP contribution in [0.1, 0.15) is 34.0 Å². The number of esters is 1. The fraction of sp³-hybridized carbons (Fsp3) is 0.583. The summed E-state index contributed by atoms with van der Waals surface area (Å²) in [4.78, 5) is 12.0. The van der Waals surface area contributed by atoms with Crippen molar-refractivity contribution in [3.8, 4) is 0 Å². The van der Waals surface area contributed by atoms with E-state index in [9.17, 15) is 13.2 Å². The summed E-state index contributed by atoms with van der Waals surface area (Å²) in [7, 11) is -1.70. The molecule has 1 saturated carbocycles. The number of hydrogen-bond acceptors (Lipinski definition) is 7. The molecule has 1 aromatic heterocycles. The van der Waals surface area contributed by atoms with E-state index >= 15 is 0 Å². The zero-order chi connectivity index (χ0) is 14.9. The number of hydrogen-bond donors (Lipinski definition) is 2. The van der Waals surface area contributed by atoms with Gasteiger partial charge in [-0.3, -0.25) is 0 Å². The monoisotopic (exact) mass is 318 g/mol. The van der Waals surface area contributed by atoms with Crippen LogP contribution in [0.25, 0.3) is 0 Å². The lowest BCUT2D eigenvalue weighted by atomic mass is 10.1. The number of rotatable bonds is 6. The second-order valence-corrected chi connectivity index (χ2v) is 8.19. The maximum absolute atomic E-state index is 11.7. The number of carbonyl (C=O) groups excluding carboxylic acids is 1. The second-order valence-electron chi connectivity index (χ2n) is 4.91. The van der Waals surface area contributed by atoms with Crippen molar-refractivity contribution in [1.82, 2.24) is 0 Å². The van der Waals surface area contributed by atoms with E-state index in [1.165, 1.54) is 24.7 Å². The van der Waals surface area contributed by atoms with E-state index in [1.54, 1.807) is 0 Å². The Hall–Kier alpha value is -1.28. The predicted molar refractivity (Wildman–Crippen MR) is 80.2 cm³/mol. The van der Waals surface area contributed by atoms with Crippen LogP contribution in [0.15, 0.2) is 0 Å². The minimum Gasteiger partial charge on any atom is -0.465 e. The summed E-state index contributed by atoms with van der Waals surface area (Å²) in [6.45, 7) is 0.305. The van der Waals surface area contributed by atoms with Gasteiger partial charge in [-0.05, 0) is 18.8 Å². The molecule has 8 heteroatoms. The molecule has 1 aliphatic carbocycles. The molecule has 6 nitrogen and oxygen atoms in total. The molecule has 0 radical (unpaired) electrons. The average Bonchev–Trinajstić information content (AvgIpc) is 3.12. The fourth-order valence-corrected chi connectivity index (χ4v) is 3.58. The highest BCUT2D eigenvalue weighted by atomic mass is 32.2. The molecule has 112 valence electrons. The molecule has 2 rings (SSSR count). The Morgan fingerprint density at radius 1 is 1.50 bits per heavy atom. The van der Waals surface area contributed by atoms with Crippen LogP contribution in [0.3, 0.4) is 0 Å². The van der Waals surface area contributed by atoms with Crippen LogP contribution < -0.4 is 11.1 Å². The third-order valence-electron chi connectivity index (χ3n) is 3.10. The van der Waals surface area contributed by atoms with Gasteiger partial charge < -0.3 is 15.8 Å². The normalized spacial score (nSPS) is 15.1. The van der Waals surface area contributed by atoms with Crippen molar-refractivity contribution < 1.29 is 17.9 Å². The Labute approximate surface area is 122 Å². The van der Waals surface area contributed by atoms with Gasteiger partial charge in [0.15, 0.2) is 0 Å². The third kappa shape index (κ3) is 3.43. The minimum atomic E-state index is -3.02. The van der Waals surface area contributed by atoms with Crippen LogP contribution in [0.2, 0.25) is 0 Å². The SMILES string of the molecule is COC(=O)c1sc(NCCS(C)(=O)=O)c(C2CC2)c1N. The van der Waals surface area contributed by atoms with Gasteiger partial charge in [0.1, 0.15) is 14.7 Å². The summed E-state index contributed by atoms with van der Waals surface area (Å²) >= 11 is 1.23. The molecule has 0 amide bonds. The highest BCUT2D eigenvalue weighted by molar-refractivity contribution is 7.90. The molecule has 0 saturated heterocycles. The van der Waals surface area contributed by atoms with Gasteiger partial charge >= 0.3 is 5.97 Å². The molecule has 0 aromatic carbocycles. The summed E-state index contributed by atoms with van der Waals surface area (Å²) < 4.78 is 27.0. The topological polar surface area (TPSA) is 98.5 Å². The van der Waals surface area contributed by atoms with E-state index in [0.29, 0.717) is 23.0 Å². The van der Waals surface area contributed by atoms with Crippen LogP contribution in [0, 0.1) is 0 Å². The second kappa shape index (κ2) is 5.61. The van der Waals surface area contributed by atoms with Gasteiger partial charge in [0.25, 0.3) is 0 Å². The van der Waals surface area contributed by atoms with Crippen LogP contribution in [0.4, 0.5) is 10.7 Å². The quantitative estimate of drug-likeness (QED) is 0.770. The first-order chi connectivity index (χ1) is 9.33. The van der Waals surface area contributed by atoms with E-state index in [1.807, 2.05) is 0 Å². The number of ether oxygens (including phenoxy) is 1. The maximum atomic E-state index is 11.7. The Morgan fingerprint density at radius 3 is 2.65 bits per heavy atom. The van der Waals surface area contributed by atoms with Gasteiger partial charge in [0.2, 0.25) is 0 Å². The minimum absolute atomic E-state index is 0.0441. The van der Waals surface area contributed by atoms with Crippen molar-refractivity contribution in [2.45, 2.75) is 18.8 Å². The zero-order valence-corrected chi connectivity index (χ0v) is 13.1. The number of sulfone groups is 1. The highest BCUT2D eigenvalue weighted by Gasteiger charge is 2.33. The smallest absolute Gasteiger partial charge is 0.350 e. The van der Waals surface area contributed by atoms with Gasteiger partial charge in [0.05, 0.1) is 23.6 Å². The first-order valence-electron chi connectivity index (χ1n) is 6.25. The molecule has 0 bridgehead atoms. The fourth-order valence-electron chi connectivity index (χ4n) is 1.96. The van der Waals surface area contributed by atoms with Crippen LogP contribution in [0.5, 0.6) is 0 Å². The first-order valence-corrected chi connectivity index (χ1v) is 9.13. The lowest BCUT2D eigenvalue weighted by Gasteiger charge is -2.06. The molecule has 0 aliphatic heterocycles. The molecular formula is C12H18N2O4S2. The molecule has 1 aliphatic rings. The number of nitrogens with one attached hydrogen (secondary N) is 1. The maximum Gasteiger partial charge on any atom is 0.350 e. The largest absolute Gasteiger partial charge is 0.465 e. The molecule has 0 atom stereocenters. The van der Waals surface area contributed by atoms with Gasteiger partial charge in [0, 0.05) is 18.4 Å². The standard InChI is InChI=1S/C12H18N2O4S2/c1-18-12(15)10-9(13)8(7-3-4-7)11(19-10)14-5-6-20(2,16)17/h7,14H,3-6,13H2,1-2H3. The van der Waals surface area contributed by atoms with Crippen LogP contribution in [-0.4, -0.2) is 40.1 Å².